The Morgan fingerprint density at radius 2 is 1.64 bits per heavy atom. The molecule has 2 aromatic carbocycles. The van der Waals surface area contributed by atoms with E-state index in [9.17, 15) is 0 Å². The van der Waals surface area contributed by atoms with E-state index in [2.05, 4.69) is 69.8 Å². The Balaban J connectivity index is 1.82. The van der Waals surface area contributed by atoms with E-state index in [4.69, 9.17) is 4.99 Å². The number of piperidine rings is 1. The average Bonchev–Trinajstić information content (AvgIpc) is 3.08. The predicted molar refractivity (Wildman–Crippen MR) is 103 cm³/mol. The molecule has 1 atom stereocenters. The lowest BCUT2D eigenvalue weighted by Crippen LogP contribution is -2.49. The van der Waals surface area contributed by atoms with Gasteiger partial charge in [-0.1, -0.05) is 55.0 Å². The first kappa shape index (κ1) is 14.7. The van der Waals surface area contributed by atoms with Gasteiger partial charge in [0.05, 0.1) is 6.34 Å². The van der Waals surface area contributed by atoms with Crippen LogP contribution in [0.5, 0.6) is 0 Å². The zero-order valence-corrected chi connectivity index (χ0v) is 14.2. The van der Waals surface area contributed by atoms with Gasteiger partial charge in [0.1, 0.15) is 5.82 Å². The highest BCUT2D eigenvalue weighted by Crippen LogP contribution is 2.47. The molecule has 25 heavy (non-hydrogen) atoms. The number of likely N-dealkylation sites (tertiary alicyclic amines) is 1. The van der Waals surface area contributed by atoms with Crippen molar-refractivity contribution in [2.75, 3.05) is 18.4 Å². The second-order valence-electron chi connectivity index (χ2n) is 6.91. The van der Waals surface area contributed by atoms with Crippen molar-refractivity contribution >= 4 is 23.1 Å². The van der Waals surface area contributed by atoms with E-state index < -0.39 is 5.66 Å². The number of hydrogen-bond acceptors (Lipinski definition) is 3. The number of aromatic nitrogens is 1. The van der Waals surface area contributed by atoms with Crippen LogP contribution >= 0.6 is 0 Å². The summed E-state index contributed by atoms with van der Waals surface area (Å²) in [6, 6.07) is 19.3. The van der Waals surface area contributed by atoms with E-state index >= 15 is 0 Å². The Labute approximate surface area is 147 Å². The molecule has 0 bridgehead atoms. The van der Waals surface area contributed by atoms with Crippen molar-refractivity contribution in [2.24, 2.45) is 4.99 Å². The third kappa shape index (κ3) is 2.14. The number of para-hydroxylation sites is 1. The number of H-pyrrole nitrogens is 1. The van der Waals surface area contributed by atoms with Crippen LogP contribution in [-0.2, 0) is 5.66 Å². The summed E-state index contributed by atoms with van der Waals surface area (Å²) in [4.78, 5) is 11.2. The average molecular weight is 330 g/mol. The molecule has 4 nitrogen and oxygen atoms in total. The molecule has 0 radical (unpaired) electrons. The summed E-state index contributed by atoms with van der Waals surface area (Å²) in [5.74, 6) is 1.06. The summed E-state index contributed by atoms with van der Waals surface area (Å²) < 4.78 is 0. The minimum atomic E-state index is -0.456. The first-order chi connectivity index (χ1) is 12.4. The van der Waals surface area contributed by atoms with Crippen molar-refractivity contribution in [3.63, 3.8) is 0 Å². The Morgan fingerprint density at radius 1 is 0.880 bits per heavy atom. The van der Waals surface area contributed by atoms with Gasteiger partial charge in [0.2, 0.25) is 0 Å². The van der Waals surface area contributed by atoms with Crippen molar-refractivity contribution in [3.05, 3.63) is 65.7 Å². The van der Waals surface area contributed by atoms with Gasteiger partial charge < -0.3 is 10.3 Å². The highest BCUT2D eigenvalue weighted by Gasteiger charge is 2.45. The Morgan fingerprint density at radius 3 is 2.48 bits per heavy atom. The third-order valence-electron chi connectivity index (χ3n) is 5.50. The molecule has 1 saturated heterocycles. The number of aromatic amines is 1. The van der Waals surface area contributed by atoms with Crippen LogP contribution in [0, 0.1) is 0 Å². The number of nitrogens with one attached hydrogen (secondary N) is 2. The normalized spacial score (nSPS) is 23.4. The molecular weight excluding hydrogens is 308 g/mol. The number of benzene rings is 2. The maximum absolute atomic E-state index is 5.09. The van der Waals surface area contributed by atoms with Crippen LogP contribution in [0.2, 0.25) is 0 Å². The molecule has 4 heteroatoms. The SMILES string of the molecule is C1=NC(c2ccccc2)(N2CCCCC2)c2c([nH]c3ccccc23)N1. The molecule has 0 spiro atoms. The van der Waals surface area contributed by atoms with Crippen molar-refractivity contribution in [1.82, 2.24) is 9.88 Å². The molecule has 3 heterocycles. The first-order valence-electron chi connectivity index (χ1n) is 9.11. The fourth-order valence-electron chi connectivity index (χ4n) is 4.40. The number of fused-ring (bicyclic) bond motifs is 3. The fraction of sp³-hybridized carbons (Fsp3) is 0.286. The van der Waals surface area contributed by atoms with Crippen molar-refractivity contribution in [1.29, 1.82) is 0 Å². The van der Waals surface area contributed by atoms with Crippen molar-refractivity contribution < 1.29 is 0 Å². The lowest BCUT2D eigenvalue weighted by molar-refractivity contribution is 0.105. The zero-order chi connectivity index (χ0) is 16.7. The molecule has 2 aliphatic heterocycles. The van der Waals surface area contributed by atoms with Crippen molar-refractivity contribution in [3.8, 4) is 0 Å². The smallest absolute Gasteiger partial charge is 0.170 e. The summed E-state index contributed by atoms with van der Waals surface area (Å²) >= 11 is 0. The maximum Gasteiger partial charge on any atom is 0.170 e. The van der Waals surface area contributed by atoms with Crippen LogP contribution in [0.3, 0.4) is 0 Å². The van der Waals surface area contributed by atoms with Crippen LogP contribution in [0.4, 0.5) is 5.82 Å². The molecular formula is C21H22N4. The van der Waals surface area contributed by atoms with Gasteiger partial charge in [-0.05, 0) is 24.5 Å². The van der Waals surface area contributed by atoms with E-state index in [0.29, 0.717) is 0 Å². The summed E-state index contributed by atoms with van der Waals surface area (Å²) in [6.07, 6.45) is 5.63. The predicted octanol–water partition coefficient (Wildman–Crippen LogP) is 4.31. The lowest BCUT2D eigenvalue weighted by atomic mass is 9.86. The van der Waals surface area contributed by atoms with Crippen LogP contribution < -0.4 is 5.32 Å². The molecule has 5 rings (SSSR count). The standard InChI is InChI=1S/C21H22N4/c1-3-9-16(10-4-1)21(25-13-7-2-8-14-25)19-17-11-5-6-12-18(17)24-20(19)22-15-23-21/h1,3-6,9-12,15,24H,2,7-8,13-14H2,(H,22,23). The largest absolute Gasteiger partial charge is 0.341 e. The van der Waals surface area contributed by atoms with Crippen molar-refractivity contribution in [2.45, 2.75) is 24.9 Å². The molecule has 1 fully saturated rings. The minimum absolute atomic E-state index is 0.456. The number of aliphatic imine (C=N–C) groups is 1. The highest BCUT2D eigenvalue weighted by atomic mass is 15.3. The molecule has 2 N–H and O–H groups in total. The van der Waals surface area contributed by atoms with Gasteiger partial charge in [0, 0.05) is 29.6 Å². The van der Waals surface area contributed by atoms with Gasteiger partial charge in [-0.25, -0.2) is 4.99 Å². The Bertz CT molecular complexity index is 921. The molecule has 2 aliphatic rings. The topological polar surface area (TPSA) is 43.4 Å². The maximum atomic E-state index is 5.09. The minimum Gasteiger partial charge on any atom is -0.341 e. The molecule has 0 amide bonds. The molecule has 1 unspecified atom stereocenters. The van der Waals surface area contributed by atoms with E-state index in [-0.39, 0.29) is 0 Å². The van der Waals surface area contributed by atoms with Gasteiger partial charge in [-0.15, -0.1) is 0 Å². The van der Waals surface area contributed by atoms with E-state index in [1.54, 1.807) is 0 Å². The van der Waals surface area contributed by atoms with E-state index in [0.717, 1.165) is 24.4 Å². The number of anilines is 1. The van der Waals surface area contributed by atoms with Gasteiger partial charge in [-0.2, -0.15) is 0 Å². The second-order valence-corrected chi connectivity index (χ2v) is 6.91. The third-order valence-corrected chi connectivity index (χ3v) is 5.50. The fourth-order valence-corrected chi connectivity index (χ4v) is 4.40. The van der Waals surface area contributed by atoms with Gasteiger partial charge in [0.25, 0.3) is 0 Å². The summed E-state index contributed by atoms with van der Waals surface area (Å²) in [6.45, 7) is 2.15. The number of rotatable bonds is 2. The monoisotopic (exact) mass is 330 g/mol. The zero-order valence-electron chi connectivity index (χ0n) is 14.2. The Hall–Kier alpha value is -2.59. The second kappa shape index (κ2) is 5.74. The van der Waals surface area contributed by atoms with Crippen LogP contribution in [0.25, 0.3) is 10.9 Å². The van der Waals surface area contributed by atoms with Crippen LogP contribution in [0.1, 0.15) is 30.4 Å². The molecule has 1 aromatic heterocycles. The van der Waals surface area contributed by atoms with Crippen LogP contribution in [-0.4, -0.2) is 29.3 Å². The lowest BCUT2D eigenvalue weighted by Gasteiger charge is -2.45. The van der Waals surface area contributed by atoms with Gasteiger partial charge in [0.15, 0.2) is 5.66 Å². The molecule has 3 aromatic rings. The van der Waals surface area contributed by atoms with E-state index in [1.807, 2.05) is 6.34 Å². The van der Waals surface area contributed by atoms with E-state index in [1.165, 1.54) is 35.8 Å². The highest BCUT2D eigenvalue weighted by molar-refractivity contribution is 5.95. The Kier molecular flexibility index (Phi) is 3.38. The quantitative estimate of drug-likeness (QED) is 0.735. The summed E-state index contributed by atoms with van der Waals surface area (Å²) in [5.41, 5.74) is 3.18. The first-order valence-corrected chi connectivity index (χ1v) is 9.11. The number of nitrogens with zero attached hydrogens (tertiary/aromatic N) is 2. The van der Waals surface area contributed by atoms with Gasteiger partial charge >= 0.3 is 0 Å². The molecule has 126 valence electrons. The summed E-state index contributed by atoms with van der Waals surface area (Å²) in [5, 5.41) is 4.59. The van der Waals surface area contributed by atoms with Gasteiger partial charge in [-0.3, -0.25) is 4.90 Å². The van der Waals surface area contributed by atoms with Crippen LogP contribution in [0.15, 0.2) is 59.6 Å². The molecule has 0 aliphatic carbocycles. The number of hydrogen-bond donors (Lipinski definition) is 2. The molecule has 0 saturated carbocycles. The summed E-state index contributed by atoms with van der Waals surface area (Å²) in [7, 11) is 0.